The number of rotatable bonds is 2. The number of likely N-dealkylation sites (tertiary alicyclic amines) is 1. The first-order valence-electron chi connectivity index (χ1n) is 7.35. The van der Waals surface area contributed by atoms with Crippen LogP contribution in [-0.4, -0.2) is 47.3 Å². The normalized spacial score (nSPS) is 19.2. The van der Waals surface area contributed by atoms with Crippen LogP contribution in [-0.2, 0) is 6.42 Å². The average Bonchev–Trinajstić information content (AvgIpc) is 3.03. The lowest BCUT2D eigenvalue weighted by atomic mass is 10.0. The predicted molar refractivity (Wildman–Crippen MR) is 82.8 cm³/mol. The minimum atomic E-state index is -0.156. The second kappa shape index (κ2) is 5.41. The molecule has 2 heterocycles. The number of hydrogen-bond acceptors (Lipinski definition) is 3. The molecular weight excluding hydrogens is 266 g/mol. The highest BCUT2D eigenvalue weighted by atomic mass is 16.3. The quantitative estimate of drug-likeness (QED) is 0.890. The van der Waals surface area contributed by atoms with Crippen LogP contribution >= 0.6 is 0 Å². The topological polar surface area (TPSA) is 57.5 Å². The summed E-state index contributed by atoms with van der Waals surface area (Å²) >= 11 is 0. The Morgan fingerprint density at radius 3 is 2.95 bits per heavy atom. The van der Waals surface area contributed by atoms with Crippen LogP contribution < -0.4 is 5.32 Å². The van der Waals surface area contributed by atoms with Crippen molar-refractivity contribution < 1.29 is 9.90 Å². The number of likely N-dealkylation sites (N-methyl/N-ethyl adjacent to an activating group) is 1. The molecule has 0 saturated carbocycles. The van der Waals surface area contributed by atoms with E-state index in [2.05, 4.69) is 17.3 Å². The Morgan fingerprint density at radius 1 is 1.48 bits per heavy atom. The lowest BCUT2D eigenvalue weighted by molar-refractivity contribution is 0.245. The number of fused-ring (bicyclic) bond motifs is 1. The van der Waals surface area contributed by atoms with Gasteiger partial charge < -0.3 is 15.3 Å². The van der Waals surface area contributed by atoms with Gasteiger partial charge in [0.15, 0.2) is 0 Å². The van der Waals surface area contributed by atoms with Crippen molar-refractivity contribution in [1.29, 1.82) is 0 Å². The molecule has 5 heteroatoms. The van der Waals surface area contributed by atoms with E-state index in [9.17, 15) is 9.90 Å². The number of hydrogen-bond donors (Lipinski definition) is 2. The first-order valence-corrected chi connectivity index (χ1v) is 7.35. The molecule has 1 aliphatic heterocycles. The molecule has 1 aromatic carbocycles. The van der Waals surface area contributed by atoms with Gasteiger partial charge in [-0.25, -0.2) is 4.79 Å². The highest BCUT2D eigenvalue weighted by molar-refractivity contribution is 5.94. The number of benzene rings is 1. The Labute approximate surface area is 124 Å². The van der Waals surface area contributed by atoms with Crippen LogP contribution in [0.25, 0.3) is 10.9 Å². The lowest BCUT2D eigenvalue weighted by Gasteiger charge is -2.18. The maximum absolute atomic E-state index is 12.0. The van der Waals surface area contributed by atoms with Crippen molar-refractivity contribution in [3.8, 4) is 5.75 Å². The zero-order valence-electron chi connectivity index (χ0n) is 12.5. The number of amides is 1. The van der Waals surface area contributed by atoms with Gasteiger partial charge in [0.2, 0.25) is 0 Å². The molecule has 1 aromatic heterocycles. The third-order valence-electron chi connectivity index (χ3n) is 4.43. The smallest absolute Gasteiger partial charge is 0.325 e. The molecular formula is C16H21N3O2. The summed E-state index contributed by atoms with van der Waals surface area (Å²) in [6.45, 7) is 1.13. The molecule has 112 valence electrons. The summed E-state index contributed by atoms with van der Waals surface area (Å²) < 4.78 is 1.62. The van der Waals surface area contributed by atoms with E-state index in [-0.39, 0.29) is 11.8 Å². The number of nitrogens with zero attached hydrogens (tertiary/aromatic N) is 2. The van der Waals surface area contributed by atoms with Gasteiger partial charge in [0.1, 0.15) is 5.75 Å². The van der Waals surface area contributed by atoms with E-state index in [0.717, 1.165) is 29.4 Å². The molecule has 21 heavy (non-hydrogen) atoms. The van der Waals surface area contributed by atoms with E-state index in [0.29, 0.717) is 6.04 Å². The van der Waals surface area contributed by atoms with Crippen molar-refractivity contribution in [2.45, 2.75) is 25.3 Å². The van der Waals surface area contributed by atoms with E-state index >= 15 is 0 Å². The fourth-order valence-electron chi connectivity index (χ4n) is 3.23. The largest absolute Gasteiger partial charge is 0.508 e. The Balaban J connectivity index is 2.04. The highest BCUT2D eigenvalue weighted by Gasteiger charge is 2.23. The van der Waals surface area contributed by atoms with Gasteiger partial charge in [-0.2, -0.15) is 0 Å². The minimum Gasteiger partial charge on any atom is -0.508 e. The van der Waals surface area contributed by atoms with Gasteiger partial charge in [-0.3, -0.25) is 4.57 Å². The van der Waals surface area contributed by atoms with E-state index in [4.69, 9.17) is 0 Å². The van der Waals surface area contributed by atoms with Crippen molar-refractivity contribution >= 4 is 16.9 Å². The number of aromatic hydroxyl groups is 1. The number of phenols is 1. The van der Waals surface area contributed by atoms with Crippen molar-refractivity contribution in [1.82, 2.24) is 14.8 Å². The fourth-order valence-corrected chi connectivity index (χ4v) is 3.23. The summed E-state index contributed by atoms with van der Waals surface area (Å²) in [5.74, 6) is 0.234. The fraction of sp³-hybridized carbons (Fsp3) is 0.438. The van der Waals surface area contributed by atoms with Gasteiger partial charge in [-0.05, 0) is 56.6 Å². The van der Waals surface area contributed by atoms with Crippen LogP contribution in [0.15, 0.2) is 24.4 Å². The van der Waals surface area contributed by atoms with Gasteiger partial charge in [0.05, 0.1) is 5.52 Å². The Morgan fingerprint density at radius 2 is 2.29 bits per heavy atom. The van der Waals surface area contributed by atoms with E-state index < -0.39 is 0 Å². The molecule has 0 unspecified atom stereocenters. The molecule has 0 radical (unpaired) electrons. The van der Waals surface area contributed by atoms with Gasteiger partial charge in [-0.15, -0.1) is 0 Å². The molecule has 2 N–H and O–H groups in total. The SMILES string of the molecule is CNC(=O)n1cc(C[C@H]2CCCN2C)c2cc(O)ccc21. The average molecular weight is 287 g/mol. The highest BCUT2D eigenvalue weighted by Crippen LogP contribution is 2.29. The summed E-state index contributed by atoms with van der Waals surface area (Å²) in [4.78, 5) is 14.4. The second-order valence-corrected chi connectivity index (χ2v) is 5.76. The van der Waals surface area contributed by atoms with Crippen LogP contribution in [0.3, 0.4) is 0 Å². The van der Waals surface area contributed by atoms with Gasteiger partial charge in [0.25, 0.3) is 0 Å². The second-order valence-electron chi connectivity index (χ2n) is 5.76. The minimum absolute atomic E-state index is 0.156. The molecule has 2 aromatic rings. The number of nitrogens with one attached hydrogen (secondary N) is 1. The van der Waals surface area contributed by atoms with E-state index in [1.807, 2.05) is 6.20 Å². The van der Waals surface area contributed by atoms with Gasteiger partial charge >= 0.3 is 6.03 Å². The van der Waals surface area contributed by atoms with Crippen LogP contribution in [0.5, 0.6) is 5.75 Å². The molecule has 0 spiro atoms. The van der Waals surface area contributed by atoms with Gasteiger partial charge in [-0.1, -0.05) is 0 Å². The Bertz CT molecular complexity index is 677. The number of carbonyl (C=O) groups excluding carboxylic acids is 1. The number of aromatic nitrogens is 1. The van der Waals surface area contributed by atoms with Crippen LogP contribution in [0, 0.1) is 0 Å². The monoisotopic (exact) mass is 287 g/mol. The summed E-state index contributed by atoms with van der Waals surface area (Å²) in [6.07, 6.45) is 5.21. The molecule has 1 saturated heterocycles. The first kappa shape index (κ1) is 13.9. The van der Waals surface area contributed by atoms with Crippen molar-refractivity contribution in [3.05, 3.63) is 30.0 Å². The maximum Gasteiger partial charge on any atom is 0.325 e. The van der Waals surface area contributed by atoms with E-state index in [1.165, 1.54) is 12.8 Å². The molecule has 1 fully saturated rings. The maximum atomic E-state index is 12.0. The first-order chi connectivity index (χ1) is 10.1. The summed E-state index contributed by atoms with van der Waals surface area (Å²) in [5.41, 5.74) is 1.95. The molecule has 5 nitrogen and oxygen atoms in total. The number of carbonyl (C=O) groups is 1. The van der Waals surface area contributed by atoms with Crippen LogP contribution in [0.1, 0.15) is 18.4 Å². The van der Waals surface area contributed by atoms with Crippen molar-refractivity contribution in [3.63, 3.8) is 0 Å². The lowest BCUT2D eigenvalue weighted by Crippen LogP contribution is -2.27. The van der Waals surface area contributed by atoms with E-state index in [1.54, 1.807) is 29.8 Å². The Hall–Kier alpha value is -2.01. The third-order valence-corrected chi connectivity index (χ3v) is 4.43. The van der Waals surface area contributed by atoms with Crippen LogP contribution in [0.2, 0.25) is 0 Å². The standard InChI is InChI=1S/C16H21N3O2/c1-17-16(21)19-10-11(8-12-4-3-7-18(12)2)14-9-13(20)5-6-15(14)19/h5-6,9-10,12,20H,3-4,7-8H2,1-2H3,(H,17,21)/t12-/m1/s1. The molecule has 0 bridgehead atoms. The van der Waals surface area contributed by atoms with Crippen molar-refractivity contribution in [2.75, 3.05) is 20.6 Å². The summed E-state index contributed by atoms with van der Waals surface area (Å²) in [5, 5.41) is 13.4. The summed E-state index contributed by atoms with van der Waals surface area (Å²) in [6, 6.07) is 5.52. The molecule has 1 atom stereocenters. The van der Waals surface area contributed by atoms with Crippen LogP contribution in [0.4, 0.5) is 4.79 Å². The summed E-state index contributed by atoms with van der Waals surface area (Å²) in [7, 11) is 3.77. The molecule has 1 amide bonds. The number of phenolic OH excluding ortho intramolecular Hbond substituents is 1. The molecule has 0 aliphatic carbocycles. The predicted octanol–water partition coefficient (Wildman–Crippen LogP) is 2.17. The zero-order chi connectivity index (χ0) is 15.0. The van der Waals surface area contributed by atoms with Crippen molar-refractivity contribution in [2.24, 2.45) is 0 Å². The zero-order valence-corrected chi connectivity index (χ0v) is 12.5. The molecule has 1 aliphatic rings. The van der Waals surface area contributed by atoms with Gasteiger partial charge in [0, 0.05) is 24.7 Å². The Kier molecular flexibility index (Phi) is 3.59. The third kappa shape index (κ3) is 2.49. The molecule has 3 rings (SSSR count).